The van der Waals surface area contributed by atoms with Crippen LogP contribution in [0, 0.1) is 5.92 Å². The molecule has 0 aromatic heterocycles. The average Bonchev–Trinajstić information content (AvgIpc) is 3.03. The van der Waals surface area contributed by atoms with Gasteiger partial charge in [0, 0.05) is 39.3 Å². The maximum atomic E-state index is 11.5. The first-order valence-corrected chi connectivity index (χ1v) is 8.07. The standard InChI is InChI=1S/C17H24N2O4/c1-13(17(20)21-2)10-18-5-7-19(8-6-18)11-14-3-4-15-16(9-14)23-12-22-15/h3-4,9,13H,5-8,10-12H2,1-2H3/t13-/m1/s1. The Bertz CT molecular complexity index is 556. The van der Waals surface area contributed by atoms with E-state index in [-0.39, 0.29) is 11.9 Å². The third-order valence-electron chi connectivity index (χ3n) is 4.44. The van der Waals surface area contributed by atoms with Crippen LogP contribution in [0.3, 0.4) is 0 Å². The van der Waals surface area contributed by atoms with Crippen LogP contribution in [0.5, 0.6) is 11.5 Å². The molecule has 1 saturated heterocycles. The number of esters is 1. The molecule has 0 bridgehead atoms. The fraction of sp³-hybridized carbons (Fsp3) is 0.588. The second kappa shape index (κ2) is 7.19. The molecule has 1 fully saturated rings. The molecule has 6 nitrogen and oxygen atoms in total. The summed E-state index contributed by atoms with van der Waals surface area (Å²) in [7, 11) is 1.45. The van der Waals surface area contributed by atoms with Crippen molar-refractivity contribution in [2.75, 3.05) is 46.6 Å². The van der Waals surface area contributed by atoms with Crippen LogP contribution in [-0.2, 0) is 16.1 Å². The number of methoxy groups -OCH3 is 1. The molecule has 0 radical (unpaired) electrons. The molecule has 1 aromatic carbocycles. The molecular weight excluding hydrogens is 296 g/mol. The number of rotatable bonds is 5. The van der Waals surface area contributed by atoms with Crippen molar-refractivity contribution < 1.29 is 19.0 Å². The van der Waals surface area contributed by atoms with Gasteiger partial charge in [-0.25, -0.2) is 0 Å². The zero-order chi connectivity index (χ0) is 16.2. The van der Waals surface area contributed by atoms with Gasteiger partial charge in [0.1, 0.15) is 0 Å². The molecule has 0 amide bonds. The number of nitrogens with zero attached hydrogens (tertiary/aromatic N) is 2. The zero-order valence-corrected chi connectivity index (χ0v) is 13.8. The Morgan fingerprint density at radius 2 is 1.87 bits per heavy atom. The lowest BCUT2D eigenvalue weighted by atomic mass is 10.1. The molecule has 1 atom stereocenters. The van der Waals surface area contributed by atoms with E-state index in [1.165, 1.54) is 12.7 Å². The maximum absolute atomic E-state index is 11.5. The number of piperazine rings is 1. The summed E-state index contributed by atoms with van der Waals surface area (Å²) in [5.41, 5.74) is 1.24. The number of carbonyl (C=O) groups excluding carboxylic acids is 1. The van der Waals surface area contributed by atoms with Gasteiger partial charge >= 0.3 is 5.97 Å². The van der Waals surface area contributed by atoms with Crippen LogP contribution in [0.15, 0.2) is 18.2 Å². The first-order chi connectivity index (χ1) is 11.2. The fourth-order valence-electron chi connectivity index (χ4n) is 3.09. The molecule has 23 heavy (non-hydrogen) atoms. The van der Waals surface area contributed by atoms with Crippen LogP contribution in [0.4, 0.5) is 0 Å². The van der Waals surface area contributed by atoms with Crippen molar-refractivity contribution in [1.29, 1.82) is 0 Å². The van der Waals surface area contributed by atoms with Gasteiger partial charge in [-0.05, 0) is 17.7 Å². The zero-order valence-electron chi connectivity index (χ0n) is 13.8. The second-order valence-corrected chi connectivity index (χ2v) is 6.19. The Balaban J connectivity index is 1.47. The Kier molecular flexibility index (Phi) is 5.03. The quantitative estimate of drug-likeness (QED) is 0.763. The molecule has 2 aliphatic rings. The maximum Gasteiger partial charge on any atom is 0.309 e. The van der Waals surface area contributed by atoms with Crippen LogP contribution in [0.25, 0.3) is 0 Å². The summed E-state index contributed by atoms with van der Waals surface area (Å²) in [5, 5.41) is 0. The number of ether oxygens (including phenoxy) is 3. The minimum atomic E-state index is -0.132. The highest BCUT2D eigenvalue weighted by Gasteiger charge is 2.22. The summed E-state index contributed by atoms with van der Waals surface area (Å²) in [6.45, 7) is 7.88. The van der Waals surface area contributed by atoms with E-state index >= 15 is 0 Å². The van der Waals surface area contributed by atoms with Gasteiger partial charge in [-0.2, -0.15) is 0 Å². The minimum absolute atomic E-state index is 0.0691. The smallest absolute Gasteiger partial charge is 0.309 e. The van der Waals surface area contributed by atoms with Crippen molar-refractivity contribution in [1.82, 2.24) is 9.80 Å². The van der Waals surface area contributed by atoms with Gasteiger partial charge in [-0.15, -0.1) is 0 Å². The SMILES string of the molecule is COC(=O)[C@H](C)CN1CCN(Cc2ccc3c(c2)OCO3)CC1. The Morgan fingerprint density at radius 1 is 1.17 bits per heavy atom. The largest absolute Gasteiger partial charge is 0.469 e. The summed E-state index contributed by atoms with van der Waals surface area (Å²) >= 11 is 0. The molecule has 2 aliphatic heterocycles. The van der Waals surface area contributed by atoms with E-state index in [1.54, 1.807) is 0 Å². The first-order valence-electron chi connectivity index (χ1n) is 8.07. The highest BCUT2D eigenvalue weighted by atomic mass is 16.7. The highest BCUT2D eigenvalue weighted by molar-refractivity contribution is 5.72. The van der Waals surface area contributed by atoms with E-state index in [9.17, 15) is 4.79 Å². The summed E-state index contributed by atoms with van der Waals surface area (Å²) in [5.74, 6) is 1.47. The Hall–Kier alpha value is -1.79. The van der Waals surface area contributed by atoms with Crippen molar-refractivity contribution >= 4 is 5.97 Å². The van der Waals surface area contributed by atoms with Crippen molar-refractivity contribution in [3.05, 3.63) is 23.8 Å². The number of hydrogen-bond acceptors (Lipinski definition) is 6. The lowest BCUT2D eigenvalue weighted by Crippen LogP contribution is -2.47. The summed E-state index contributed by atoms with van der Waals surface area (Å²) in [6, 6.07) is 6.14. The van der Waals surface area contributed by atoms with Crippen molar-refractivity contribution in [3.8, 4) is 11.5 Å². The molecule has 1 aromatic rings. The molecule has 6 heteroatoms. The van der Waals surface area contributed by atoms with E-state index in [0.29, 0.717) is 6.79 Å². The topological polar surface area (TPSA) is 51.2 Å². The molecule has 0 N–H and O–H groups in total. The predicted octanol–water partition coefficient (Wildman–Crippen LogP) is 1.34. The highest BCUT2D eigenvalue weighted by Crippen LogP contribution is 2.32. The molecular formula is C17H24N2O4. The van der Waals surface area contributed by atoms with Gasteiger partial charge in [0.2, 0.25) is 6.79 Å². The number of fused-ring (bicyclic) bond motifs is 1. The summed E-state index contributed by atoms with van der Waals surface area (Å²) in [6.07, 6.45) is 0. The molecule has 0 saturated carbocycles. The van der Waals surface area contributed by atoms with Crippen LogP contribution < -0.4 is 9.47 Å². The number of benzene rings is 1. The van der Waals surface area contributed by atoms with Crippen molar-refractivity contribution in [2.45, 2.75) is 13.5 Å². The molecule has 3 rings (SSSR count). The van der Waals surface area contributed by atoms with E-state index in [4.69, 9.17) is 14.2 Å². The summed E-state index contributed by atoms with van der Waals surface area (Å²) < 4.78 is 15.6. The Labute approximate surface area is 136 Å². The van der Waals surface area contributed by atoms with E-state index in [0.717, 1.165) is 50.8 Å². The van der Waals surface area contributed by atoms with E-state index in [1.807, 2.05) is 13.0 Å². The fourth-order valence-corrected chi connectivity index (χ4v) is 3.09. The molecule has 0 spiro atoms. The van der Waals surface area contributed by atoms with Crippen LogP contribution in [0.1, 0.15) is 12.5 Å². The molecule has 0 aliphatic carbocycles. The normalized spacial score (nSPS) is 19.6. The van der Waals surface area contributed by atoms with Gasteiger partial charge < -0.3 is 14.2 Å². The molecule has 126 valence electrons. The first kappa shape index (κ1) is 16.1. The van der Waals surface area contributed by atoms with Gasteiger partial charge in [0.15, 0.2) is 11.5 Å². The van der Waals surface area contributed by atoms with Crippen molar-refractivity contribution in [3.63, 3.8) is 0 Å². The van der Waals surface area contributed by atoms with Gasteiger partial charge in [0.25, 0.3) is 0 Å². The Morgan fingerprint density at radius 3 is 2.61 bits per heavy atom. The van der Waals surface area contributed by atoms with E-state index in [2.05, 4.69) is 21.9 Å². The van der Waals surface area contributed by atoms with Crippen LogP contribution in [-0.4, -0.2) is 62.4 Å². The average molecular weight is 320 g/mol. The lowest BCUT2D eigenvalue weighted by molar-refractivity contribution is -0.145. The van der Waals surface area contributed by atoms with Gasteiger partial charge in [0.05, 0.1) is 13.0 Å². The monoisotopic (exact) mass is 320 g/mol. The van der Waals surface area contributed by atoms with E-state index < -0.39 is 0 Å². The van der Waals surface area contributed by atoms with Gasteiger partial charge in [-0.3, -0.25) is 14.6 Å². The lowest BCUT2D eigenvalue weighted by Gasteiger charge is -2.35. The third-order valence-corrected chi connectivity index (χ3v) is 4.44. The number of hydrogen-bond donors (Lipinski definition) is 0. The summed E-state index contributed by atoms with van der Waals surface area (Å²) in [4.78, 5) is 16.3. The number of carbonyl (C=O) groups is 1. The molecule has 0 unspecified atom stereocenters. The second-order valence-electron chi connectivity index (χ2n) is 6.19. The van der Waals surface area contributed by atoms with Crippen LogP contribution >= 0.6 is 0 Å². The minimum Gasteiger partial charge on any atom is -0.469 e. The third kappa shape index (κ3) is 3.95. The predicted molar refractivity (Wildman–Crippen MR) is 85.5 cm³/mol. The molecule has 2 heterocycles. The van der Waals surface area contributed by atoms with Gasteiger partial charge in [-0.1, -0.05) is 13.0 Å². The van der Waals surface area contributed by atoms with Crippen molar-refractivity contribution in [2.24, 2.45) is 5.92 Å². The van der Waals surface area contributed by atoms with Crippen LogP contribution in [0.2, 0.25) is 0 Å².